The lowest BCUT2D eigenvalue weighted by Crippen LogP contribution is -1.94. The van der Waals surface area contributed by atoms with Crippen molar-refractivity contribution in [3.63, 3.8) is 0 Å². The van der Waals surface area contributed by atoms with Crippen molar-refractivity contribution in [2.45, 2.75) is 33.6 Å². The van der Waals surface area contributed by atoms with Crippen LogP contribution < -0.4 is 0 Å². The van der Waals surface area contributed by atoms with Crippen LogP contribution in [-0.4, -0.2) is 0 Å². The summed E-state index contributed by atoms with van der Waals surface area (Å²) in [4.78, 5) is 0. The van der Waals surface area contributed by atoms with E-state index in [4.69, 9.17) is 0 Å². The van der Waals surface area contributed by atoms with Crippen LogP contribution in [0.25, 0.3) is 16.7 Å². The lowest BCUT2D eigenvalue weighted by Gasteiger charge is -2.09. The molecule has 0 nitrogen and oxygen atoms in total. The summed E-state index contributed by atoms with van der Waals surface area (Å²) < 4.78 is 0. The Morgan fingerprint density at radius 2 is 1.44 bits per heavy atom. The Morgan fingerprint density at radius 1 is 0.760 bits per heavy atom. The van der Waals surface area contributed by atoms with Crippen LogP contribution in [0.4, 0.5) is 0 Å². The maximum atomic E-state index is 4.05. The smallest absolute Gasteiger partial charge is 0.0181 e. The highest BCUT2D eigenvalue weighted by atomic mass is 14.1. The van der Waals surface area contributed by atoms with Gasteiger partial charge in [-0.05, 0) is 67.0 Å². The average Bonchev–Trinajstić information content (AvgIpc) is 2.60. The van der Waals surface area contributed by atoms with Gasteiger partial charge >= 0.3 is 0 Å². The van der Waals surface area contributed by atoms with Crippen molar-refractivity contribution >= 4 is 5.57 Å². The van der Waals surface area contributed by atoms with Crippen molar-refractivity contribution in [1.82, 2.24) is 0 Å². The van der Waals surface area contributed by atoms with Crippen molar-refractivity contribution in [2.24, 2.45) is 0 Å². The van der Waals surface area contributed by atoms with Crippen LogP contribution in [0.15, 0.2) is 73.3 Å². The van der Waals surface area contributed by atoms with Crippen LogP contribution in [0.5, 0.6) is 0 Å². The molecule has 3 aromatic carbocycles. The lowest BCUT2D eigenvalue weighted by atomic mass is 9.96. The van der Waals surface area contributed by atoms with E-state index < -0.39 is 0 Å². The molecule has 0 atom stereocenters. The van der Waals surface area contributed by atoms with Crippen LogP contribution in [0.3, 0.4) is 0 Å². The molecular weight excluding hydrogens is 300 g/mol. The molecule has 25 heavy (non-hydrogen) atoms. The molecule has 3 aromatic rings. The minimum Gasteiger partial charge on any atom is -0.0955 e. The van der Waals surface area contributed by atoms with E-state index >= 15 is 0 Å². The van der Waals surface area contributed by atoms with Crippen molar-refractivity contribution in [3.05, 3.63) is 101 Å². The molecule has 0 aromatic heterocycles. The Labute approximate surface area is 151 Å². The summed E-state index contributed by atoms with van der Waals surface area (Å²) in [6.07, 6.45) is 2.14. The van der Waals surface area contributed by atoms with Gasteiger partial charge in [-0.3, -0.25) is 0 Å². The first-order valence-corrected chi connectivity index (χ1v) is 8.94. The van der Waals surface area contributed by atoms with Gasteiger partial charge in [0, 0.05) is 0 Å². The number of hydrogen-bond donors (Lipinski definition) is 0. The molecule has 0 bridgehead atoms. The molecule has 0 heteroatoms. The summed E-state index contributed by atoms with van der Waals surface area (Å²) in [5.74, 6) is 0. The van der Waals surface area contributed by atoms with Gasteiger partial charge in [0.1, 0.15) is 0 Å². The number of rotatable bonds is 5. The van der Waals surface area contributed by atoms with E-state index in [0.29, 0.717) is 0 Å². The Hall–Kier alpha value is -2.60. The highest BCUT2D eigenvalue weighted by molar-refractivity contribution is 5.65. The third-order valence-electron chi connectivity index (χ3n) is 4.76. The summed E-state index contributed by atoms with van der Waals surface area (Å²) in [6.45, 7) is 10.4. The van der Waals surface area contributed by atoms with E-state index in [-0.39, 0.29) is 0 Å². The highest BCUT2D eigenvalue weighted by Gasteiger charge is 2.03. The molecule has 0 unspecified atom stereocenters. The van der Waals surface area contributed by atoms with Gasteiger partial charge in [-0.2, -0.15) is 0 Å². The zero-order valence-corrected chi connectivity index (χ0v) is 15.5. The predicted molar refractivity (Wildman–Crippen MR) is 110 cm³/mol. The second kappa shape index (κ2) is 7.53. The van der Waals surface area contributed by atoms with Crippen LogP contribution in [-0.2, 0) is 12.8 Å². The van der Waals surface area contributed by atoms with E-state index in [0.717, 1.165) is 18.4 Å². The Kier molecular flexibility index (Phi) is 5.19. The number of aryl methyl sites for hydroxylation is 4. The van der Waals surface area contributed by atoms with E-state index in [1.165, 1.54) is 38.9 Å². The van der Waals surface area contributed by atoms with Crippen molar-refractivity contribution in [3.8, 4) is 11.1 Å². The van der Waals surface area contributed by atoms with Crippen LogP contribution in [0.1, 0.15) is 34.7 Å². The maximum absolute atomic E-state index is 4.05. The quantitative estimate of drug-likeness (QED) is 0.484. The van der Waals surface area contributed by atoms with E-state index in [9.17, 15) is 0 Å². The Balaban J connectivity index is 1.68. The molecule has 0 fully saturated rings. The second-order valence-electron chi connectivity index (χ2n) is 7.00. The molecule has 0 spiro atoms. The van der Waals surface area contributed by atoms with Crippen molar-refractivity contribution in [2.75, 3.05) is 0 Å². The normalized spacial score (nSPS) is 10.7. The molecule has 0 aliphatic carbocycles. The SMILES string of the molecule is C=C(C)c1ccc(CCc2ccc(-c3cccc(C)c3)cc2)cc1C. The molecule has 0 heterocycles. The van der Waals surface area contributed by atoms with Gasteiger partial charge in [0.25, 0.3) is 0 Å². The zero-order valence-electron chi connectivity index (χ0n) is 15.5. The number of allylic oxidation sites excluding steroid dienone is 1. The molecule has 0 amide bonds. The molecule has 0 N–H and O–H groups in total. The maximum Gasteiger partial charge on any atom is -0.0181 e. The van der Waals surface area contributed by atoms with Gasteiger partial charge in [0.05, 0.1) is 0 Å². The minimum absolute atomic E-state index is 1.07. The van der Waals surface area contributed by atoms with E-state index in [1.807, 2.05) is 0 Å². The standard InChI is InChI=1S/C25H26/c1-18(2)25-15-12-22(17-20(25)4)9-8-21-10-13-23(14-11-21)24-7-5-6-19(3)16-24/h5-7,10-17H,1,8-9H2,2-4H3. The first kappa shape index (κ1) is 17.2. The molecule has 0 aliphatic heterocycles. The summed E-state index contributed by atoms with van der Waals surface area (Å²) in [7, 11) is 0. The molecule has 0 saturated heterocycles. The zero-order chi connectivity index (χ0) is 17.8. The average molecular weight is 326 g/mol. The van der Waals surface area contributed by atoms with Gasteiger partial charge in [0.2, 0.25) is 0 Å². The highest BCUT2D eigenvalue weighted by Crippen LogP contribution is 2.22. The van der Waals surface area contributed by atoms with Gasteiger partial charge in [0.15, 0.2) is 0 Å². The third-order valence-corrected chi connectivity index (χ3v) is 4.76. The molecule has 0 radical (unpaired) electrons. The number of hydrogen-bond acceptors (Lipinski definition) is 0. The molecule has 0 saturated carbocycles. The van der Waals surface area contributed by atoms with E-state index in [1.54, 1.807) is 0 Å². The molecule has 126 valence electrons. The predicted octanol–water partition coefficient (Wildman–Crippen LogP) is 6.79. The third kappa shape index (κ3) is 4.28. The summed E-state index contributed by atoms with van der Waals surface area (Å²) in [6, 6.07) is 24.4. The lowest BCUT2D eigenvalue weighted by molar-refractivity contribution is 0.958. The van der Waals surface area contributed by atoms with E-state index in [2.05, 4.69) is 94.1 Å². The fourth-order valence-corrected chi connectivity index (χ4v) is 3.34. The Bertz CT molecular complexity index is 882. The number of benzene rings is 3. The van der Waals surface area contributed by atoms with Crippen LogP contribution >= 0.6 is 0 Å². The van der Waals surface area contributed by atoms with Crippen LogP contribution in [0, 0.1) is 13.8 Å². The molecule has 3 rings (SSSR count). The Morgan fingerprint density at radius 3 is 2.08 bits per heavy atom. The van der Waals surface area contributed by atoms with Crippen LogP contribution in [0.2, 0.25) is 0 Å². The topological polar surface area (TPSA) is 0 Å². The minimum atomic E-state index is 1.07. The summed E-state index contributed by atoms with van der Waals surface area (Å²) in [5.41, 5.74) is 10.4. The largest absolute Gasteiger partial charge is 0.0955 e. The fraction of sp³-hybridized carbons (Fsp3) is 0.200. The van der Waals surface area contributed by atoms with Gasteiger partial charge in [-0.15, -0.1) is 0 Å². The second-order valence-corrected chi connectivity index (χ2v) is 7.00. The van der Waals surface area contributed by atoms with Gasteiger partial charge < -0.3 is 0 Å². The van der Waals surface area contributed by atoms with Crippen molar-refractivity contribution in [1.29, 1.82) is 0 Å². The first-order chi connectivity index (χ1) is 12.0. The summed E-state index contributed by atoms with van der Waals surface area (Å²) in [5, 5.41) is 0. The molecule has 0 aliphatic rings. The fourth-order valence-electron chi connectivity index (χ4n) is 3.34. The monoisotopic (exact) mass is 326 g/mol. The van der Waals surface area contributed by atoms with Gasteiger partial charge in [-0.1, -0.05) is 84.4 Å². The summed E-state index contributed by atoms with van der Waals surface area (Å²) >= 11 is 0. The van der Waals surface area contributed by atoms with Crippen molar-refractivity contribution < 1.29 is 0 Å². The molecular formula is C25H26. The van der Waals surface area contributed by atoms with Gasteiger partial charge in [-0.25, -0.2) is 0 Å². The first-order valence-electron chi connectivity index (χ1n) is 8.94.